The number of hydrogen-bond donors (Lipinski definition) is 1. The molecule has 0 fully saturated rings. The Labute approximate surface area is 121 Å². The molecule has 0 radical (unpaired) electrons. The van der Waals surface area contributed by atoms with Crippen molar-refractivity contribution in [3.63, 3.8) is 0 Å². The lowest BCUT2D eigenvalue weighted by molar-refractivity contribution is -0.160. The number of aryl methyl sites for hydroxylation is 1. The highest BCUT2D eigenvalue weighted by molar-refractivity contribution is 5.74. The first-order valence-corrected chi connectivity index (χ1v) is 7.56. The van der Waals surface area contributed by atoms with E-state index in [1.54, 1.807) is 6.92 Å². The lowest BCUT2D eigenvalue weighted by atomic mass is 9.72. The van der Waals surface area contributed by atoms with Crippen molar-refractivity contribution in [3.8, 4) is 0 Å². The number of aliphatic hydroxyl groups is 1. The van der Waals surface area contributed by atoms with Crippen LogP contribution in [-0.4, -0.2) is 23.3 Å². The second-order valence-electron chi connectivity index (χ2n) is 5.64. The molecular formula is C17H24O3. The molecule has 1 aromatic rings. The third kappa shape index (κ3) is 3.04. The predicted octanol–water partition coefficient (Wildman–Crippen LogP) is 2.89. The minimum atomic E-state index is -0.962. The fraction of sp³-hybridized carbons (Fsp3) is 0.588. The van der Waals surface area contributed by atoms with Crippen LogP contribution in [-0.2, 0) is 22.4 Å². The van der Waals surface area contributed by atoms with E-state index in [0.29, 0.717) is 25.9 Å². The third-order valence-electron chi connectivity index (χ3n) is 4.24. The maximum absolute atomic E-state index is 12.2. The number of benzene rings is 1. The molecule has 0 aliphatic heterocycles. The van der Waals surface area contributed by atoms with Gasteiger partial charge in [0, 0.05) is 6.42 Å². The Hall–Kier alpha value is -1.35. The summed E-state index contributed by atoms with van der Waals surface area (Å²) in [6.07, 6.45) is 3.55. The van der Waals surface area contributed by atoms with Gasteiger partial charge in [-0.15, -0.1) is 0 Å². The van der Waals surface area contributed by atoms with Gasteiger partial charge in [0.2, 0.25) is 0 Å². The van der Waals surface area contributed by atoms with Gasteiger partial charge >= 0.3 is 5.97 Å². The molecule has 1 aromatic carbocycles. The molecule has 0 saturated carbocycles. The van der Waals surface area contributed by atoms with Crippen LogP contribution in [0.5, 0.6) is 0 Å². The van der Waals surface area contributed by atoms with Gasteiger partial charge in [0.25, 0.3) is 0 Å². The standard InChI is InChI=1S/C17H24O3/c1-3-7-15(16(18)20-4-2)17(19)11-10-13-8-5-6-9-14(13)12-17/h5-6,8-9,15,19H,3-4,7,10-12H2,1-2H3. The second-order valence-corrected chi connectivity index (χ2v) is 5.64. The molecule has 0 spiro atoms. The van der Waals surface area contributed by atoms with Gasteiger partial charge in [0.1, 0.15) is 0 Å². The molecule has 0 aromatic heterocycles. The molecule has 2 atom stereocenters. The summed E-state index contributed by atoms with van der Waals surface area (Å²) in [5.74, 6) is -0.669. The van der Waals surface area contributed by atoms with Crippen LogP contribution >= 0.6 is 0 Å². The monoisotopic (exact) mass is 276 g/mol. The molecule has 20 heavy (non-hydrogen) atoms. The lowest BCUT2D eigenvalue weighted by Gasteiger charge is -2.38. The highest BCUT2D eigenvalue weighted by atomic mass is 16.5. The van der Waals surface area contributed by atoms with Crippen LogP contribution in [0.15, 0.2) is 24.3 Å². The number of esters is 1. The number of hydrogen-bond acceptors (Lipinski definition) is 3. The van der Waals surface area contributed by atoms with E-state index in [1.807, 2.05) is 25.1 Å². The maximum atomic E-state index is 12.2. The van der Waals surface area contributed by atoms with Gasteiger partial charge in [-0.3, -0.25) is 4.79 Å². The van der Waals surface area contributed by atoms with Crippen molar-refractivity contribution in [2.45, 2.75) is 51.6 Å². The molecule has 2 unspecified atom stereocenters. The summed E-state index contributed by atoms with van der Waals surface area (Å²) in [6, 6.07) is 8.17. The first-order valence-electron chi connectivity index (χ1n) is 7.56. The molecule has 1 aliphatic carbocycles. The smallest absolute Gasteiger partial charge is 0.311 e. The topological polar surface area (TPSA) is 46.5 Å². The summed E-state index contributed by atoms with van der Waals surface area (Å²) in [7, 11) is 0. The van der Waals surface area contributed by atoms with Crippen molar-refractivity contribution in [1.29, 1.82) is 0 Å². The molecule has 2 rings (SSSR count). The molecular weight excluding hydrogens is 252 g/mol. The fourth-order valence-corrected chi connectivity index (χ4v) is 3.18. The Kier molecular flexibility index (Phi) is 4.81. The van der Waals surface area contributed by atoms with E-state index in [9.17, 15) is 9.90 Å². The molecule has 3 heteroatoms. The zero-order valence-electron chi connectivity index (χ0n) is 12.4. The predicted molar refractivity (Wildman–Crippen MR) is 78.4 cm³/mol. The number of fused-ring (bicyclic) bond motifs is 1. The minimum absolute atomic E-state index is 0.253. The highest BCUT2D eigenvalue weighted by Gasteiger charge is 2.43. The van der Waals surface area contributed by atoms with Crippen LogP contribution in [0.1, 0.15) is 44.2 Å². The van der Waals surface area contributed by atoms with E-state index in [2.05, 4.69) is 6.07 Å². The molecule has 1 aliphatic rings. The van der Waals surface area contributed by atoms with Gasteiger partial charge in [-0.2, -0.15) is 0 Å². The molecule has 0 bridgehead atoms. The van der Waals surface area contributed by atoms with E-state index in [-0.39, 0.29) is 5.97 Å². The van der Waals surface area contributed by atoms with Crippen LogP contribution in [0.25, 0.3) is 0 Å². The van der Waals surface area contributed by atoms with Crippen molar-refractivity contribution in [3.05, 3.63) is 35.4 Å². The number of rotatable bonds is 5. The molecule has 0 saturated heterocycles. The Morgan fingerprint density at radius 1 is 1.35 bits per heavy atom. The SMILES string of the molecule is CCCC(C(=O)OCC)C1(O)CCc2ccccc2C1. The van der Waals surface area contributed by atoms with Gasteiger partial charge in [0.15, 0.2) is 0 Å². The van der Waals surface area contributed by atoms with E-state index in [0.717, 1.165) is 18.4 Å². The maximum Gasteiger partial charge on any atom is 0.311 e. The molecule has 0 heterocycles. The number of carbonyl (C=O) groups is 1. The van der Waals surface area contributed by atoms with Crippen LogP contribution in [0, 0.1) is 5.92 Å². The van der Waals surface area contributed by atoms with Gasteiger partial charge in [-0.25, -0.2) is 0 Å². The van der Waals surface area contributed by atoms with Crippen LogP contribution < -0.4 is 0 Å². The first-order chi connectivity index (χ1) is 9.60. The highest BCUT2D eigenvalue weighted by Crippen LogP contribution is 2.36. The van der Waals surface area contributed by atoms with Gasteiger partial charge in [0.05, 0.1) is 18.1 Å². The van der Waals surface area contributed by atoms with Gasteiger partial charge in [-0.1, -0.05) is 37.6 Å². The lowest BCUT2D eigenvalue weighted by Crippen LogP contribution is -2.47. The Bertz CT molecular complexity index is 469. The normalized spacial score (nSPS) is 22.9. The molecule has 0 amide bonds. The third-order valence-corrected chi connectivity index (χ3v) is 4.24. The Balaban J connectivity index is 2.22. The van der Waals surface area contributed by atoms with Crippen LogP contribution in [0.3, 0.4) is 0 Å². The summed E-state index contributed by atoms with van der Waals surface area (Å²) in [5.41, 5.74) is 1.49. The van der Waals surface area contributed by atoms with E-state index in [4.69, 9.17) is 4.74 Å². The van der Waals surface area contributed by atoms with E-state index in [1.165, 1.54) is 5.56 Å². The van der Waals surface area contributed by atoms with Crippen molar-refractivity contribution in [2.75, 3.05) is 6.61 Å². The van der Waals surface area contributed by atoms with E-state index < -0.39 is 11.5 Å². The summed E-state index contributed by atoms with van der Waals surface area (Å²) >= 11 is 0. The Morgan fingerprint density at radius 2 is 2.05 bits per heavy atom. The van der Waals surface area contributed by atoms with Gasteiger partial charge < -0.3 is 9.84 Å². The summed E-state index contributed by atoms with van der Waals surface area (Å²) in [5, 5.41) is 11.0. The van der Waals surface area contributed by atoms with Crippen LogP contribution in [0.4, 0.5) is 0 Å². The van der Waals surface area contributed by atoms with Crippen molar-refractivity contribution >= 4 is 5.97 Å². The summed E-state index contributed by atoms with van der Waals surface area (Å²) < 4.78 is 5.16. The quantitative estimate of drug-likeness (QED) is 0.841. The van der Waals surface area contributed by atoms with Crippen molar-refractivity contribution in [2.24, 2.45) is 5.92 Å². The molecule has 110 valence electrons. The fourth-order valence-electron chi connectivity index (χ4n) is 3.18. The molecule has 3 nitrogen and oxygen atoms in total. The second kappa shape index (κ2) is 6.40. The molecule has 1 N–H and O–H groups in total. The average molecular weight is 276 g/mol. The average Bonchev–Trinajstić information content (AvgIpc) is 2.44. The zero-order chi connectivity index (χ0) is 14.6. The zero-order valence-corrected chi connectivity index (χ0v) is 12.4. The Morgan fingerprint density at radius 3 is 2.70 bits per heavy atom. The largest absolute Gasteiger partial charge is 0.466 e. The summed E-state index contributed by atoms with van der Waals surface area (Å²) in [6.45, 7) is 4.21. The minimum Gasteiger partial charge on any atom is -0.466 e. The summed E-state index contributed by atoms with van der Waals surface area (Å²) in [4.78, 5) is 12.2. The van der Waals surface area contributed by atoms with Crippen molar-refractivity contribution in [1.82, 2.24) is 0 Å². The van der Waals surface area contributed by atoms with Gasteiger partial charge in [-0.05, 0) is 37.3 Å². The first kappa shape index (κ1) is 15.0. The van der Waals surface area contributed by atoms with E-state index >= 15 is 0 Å². The van der Waals surface area contributed by atoms with Crippen LogP contribution in [0.2, 0.25) is 0 Å². The number of ether oxygens (including phenoxy) is 1. The van der Waals surface area contributed by atoms with Crippen molar-refractivity contribution < 1.29 is 14.6 Å². The number of carbonyl (C=O) groups excluding carboxylic acids is 1.